The molecule has 3 N–H and O–H groups in total. The molecule has 0 aliphatic rings. The van der Waals surface area contributed by atoms with Crippen molar-refractivity contribution in [3.05, 3.63) is 100 Å². The van der Waals surface area contributed by atoms with Gasteiger partial charge >= 0.3 is 17.9 Å². The van der Waals surface area contributed by atoms with Crippen LogP contribution in [0, 0.1) is 0 Å². The molecule has 154 valence electrons. The van der Waals surface area contributed by atoms with E-state index in [4.69, 9.17) is 21.8 Å². The number of aromatic carboxylic acids is 2. The molecule has 3 rings (SSSR count). The van der Waals surface area contributed by atoms with Gasteiger partial charge in [-0.05, 0) is 41.8 Å². The Morgan fingerprint density at radius 1 is 0.833 bits per heavy atom. The molecule has 0 radical (unpaired) electrons. The molecular formula is C22H18ClNO6. The second-order valence-electron chi connectivity index (χ2n) is 6.17. The van der Waals surface area contributed by atoms with Crippen molar-refractivity contribution in [2.75, 3.05) is 0 Å². The Balaban J connectivity index is 0.000000232. The van der Waals surface area contributed by atoms with Crippen LogP contribution < -0.4 is 0 Å². The Morgan fingerprint density at radius 2 is 1.47 bits per heavy atom. The number of aliphatic carboxylic acids is 1. The number of hydrogen-bond donors (Lipinski definition) is 3. The molecule has 1 unspecified atom stereocenters. The molecule has 30 heavy (non-hydrogen) atoms. The van der Waals surface area contributed by atoms with Gasteiger partial charge in [0.25, 0.3) is 0 Å². The fourth-order valence-electron chi connectivity index (χ4n) is 2.54. The van der Waals surface area contributed by atoms with Gasteiger partial charge in [0.2, 0.25) is 0 Å². The standard InChI is InChI=1S/C15H13ClO2.C7H5NO4/c16-13-8-6-12(7-9-13)14(15(17)18)10-11-4-2-1-3-5-11;9-6(10)4-1-2-5(7(11)12)8-3-4/h1-9,14H,10H2,(H,17,18);1-3H,(H,9,10)(H,11,12). The van der Waals surface area contributed by atoms with Crippen LogP contribution in [0.4, 0.5) is 0 Å². The normalized spacial score (nSPS) is 11.0. The second-order valence-corrected chi connectivity index (χ2v) is 6.61. The van der Waals surface area contributed by atoms with Crippen LogP contribution in [0.25, 0.3) is 0 Å². The van der Waals surface area contributed by atoms with E-state index >= 15 is 0 Å². The molecule has 0 spiro atoms. The van der Waals surface area contributed by atoms with Crippen LogP contribution in [0.15, 0.2) is 72.9 Å². The third-order valence-electron chi connectivity index (χ3n) is 4.08. The van der Waals surface area contributed by atoms with Crippen molar-refractivity contribution in [1.29, 1.82) is 0 Å². The summed E-state index contributed by atoms with van der Waals surface area (Å²) in [6, 6.07) is 18.9. The summed E-state index contributed by atoms with van der Waals surface area (Å²) in [4.78, 5) is 35.3. The molecule has 0 saturated heterocycles. The third-order valence-corrected chi connectivity index (χ3v) is 4.33. The van der Waals surface area contributed by atoms with E-state index in [0.717, 1.165) is 23.4 Å². The van der Waals surface area contributed by atoms with Crippen LogP contribution in [0.5, 0.6) is 0 Å². The number of nitrogens with zero attached hydrogens (tertiary/aromatic N) is 1. The summed E-state index contributed by atoms with van der Waals surface area (Å²) in [6.07, 6.45) is 1.49. The Labute approximate surface area is 177 Å². The molecule has 0 fully saturated rings. The zero-order chi connectivity index (χ0) is 22.1. The monoisotopic (exact) mass is 427 g/mol. The minimum atomic E-state index is -1.17. The molecule has 2 aromatic carbocycles. The lowest BCUT2D eigenvalue weighted by Gasteiger charge is -2.13. The quantitative estimate of drug-likeness (QED) is 0.537. The van der Waals surface area contributed by atoms with E-state index in [-0.39, 0.29) is 11.3 Å². The molecule has 8 heteroatoms. The van der Waals surface area contributed by atoms with Crippen molar-refractivity contribution in [3.63, 3.8) is 0 Å². The van der Waals surface area contributed by atoms with Crippen LogP contribution in [-0.2, 0) is 11.2 Å². The molecule has 0 bridgehead atoms. The van der Waals surface area contributed by atoms with E-state index in [9.17, 15) is 19.5 Å². The highest BCUT2D eigenvalue weighted by Gasteiger charge is 2.20. The highest BCUT2D eigenvalue weighted by molar-refractivity contribution is 6.30. The van der Waals surface area contributed by atoms with Crippen molar-refractivity contribution in [2.45, 2.75) is 12.3 Å². The van der Waals surface area contributed by atoms with Gasteiger partial charge in [-0.3, -0.25) is 4.79 Å². The maximum Gasteiger partial charge on any atom is 0.354 e. The molecule has 0 amide bonds. The summed E-state index contributed by atoms with van der Waals surface area (Å²) in [7, 11) is 0. The molecule has 0 aliphatic carbocycles. The number of hydrogen-bond acceptors (Lipinski definition) is 4. The van der Waals surface area contributed by atoms with Crippen LogP contribution in [-0.4, -0.2) is 38.2 Å². The van der Waals surface area contributed by atoms with Crippen molar-refractivity contribution >= 4 is 29.5 Å². The van der Waals surface area contributed by atoms with Crippen LogP contribution >= 0.6 is 11.6 Å². The average Bonchev–Trinajstić information content (AvgIpc) is 2.74. The molecule has 0 aliphatic heterocycles. The van der Waals surface area contributed by atoms with Gasteiger partial charge in [0.15, 0.2) is 0 Å². The Hall–Kier alpha value is -3.71. The zero-order valence-electron chi connectivity index (χ0n) is 15.6. The number of halogens is 1. The van der Waals surface area contributed by atoms with Gasteiger partial charge in [0.1, 0.15) is 5.69 Å². The predicted octanol–water partition coefficient (Wildman–Crippen LogP) is 4.23. The fraction of sp³-hybridized carbons (Fsp3) is 0.0909. The summed E-state index contributed by atoms with van der Waals surface area (Å²) < 4.78 is 0. The summed E-state index contributed by atoms with van der Waals surface area (Å²) >= 11 is 5.81. The predicted molar refractivity (Wildman–Crippen MR) is 110 cm³/mol. The lowest BCUT2D eigenvalue weighted by atomic mass is 9.92. The number of rotatable bonds is 6. The average molecular weight is 428 g/mol. The molecule has 1 aromatic heterocycles. The number of pyridine rings is 1. The lowest BCUT2D eigenvalue weighted by Crippen LogP contribution is -2.14. The maximum absolute atomic E-state index is 11.4. The van der Waals surface area contributed by atoms with Gasteiger partial charge in [0, 0.05) is 11.2 Å². The fourth-order valence-corrected chi connectivity index (χ4v) is 2.67. The lowest BCUT2D eigenvalue weighted by molar-refractivity contribution is -0.138. The number of carbonyl (C=O) groups is 3. The smallest absolute Gasteiger partial charge is 0.354 e. The number of aromatic nitrogens is 1. The topological polar surface area (TPSA) is 125 Å². The maximum atomic E-state index is 11.4. The van der Waals surface area contributed by atoms with Crippen molar-refractivity contribution in [1.82, 2.24) is 4.98 Å². The molecule has 1 atom stereocenters. The van der Waals surface area contributed by atoms with Gasteiger partial charge in [-0.25, -0.2) is 14.6 Å². The largest absolute Gasteiger partial charge is 0.481 e. The number of carboxylic acids is 3. The van der Waals surface area contributed by atoms with Gasteiger partial charge in [0.05, 0.1) is 11.5 Å². The first kappa shape index (κ1) is 22.6. The van der Waals surface area contributed by atoms with Crippen LogP contribution in [0.3, 0.4) is 0 Å². The van der Waals surface area contributed by atoms with Crippen LogP contribution in [0.2, 0.25) is 5.02 Å². The van der Waals surface area contributed by atoms with Gasteiger partial charge < -0.3 is 15.3 Å². The van der Waals surface area contributed by atoms with Crippen molar-refractivity contribution < 1.29 is 29.7 Å². The van der Waals surface area contributed by atoms with Gasteiger partial charge in [-0.1, -0.05) is 54.1 Å². The number of carboxylic acid groups (broad SMARTS) is 3. The van der Waals surface area contributed by atoms with Crippen molar-refractivity contribution in [3.8, 4) is 0 Å². The molecule has 0 saturated carbocycles. The van der Waals surface area contributed by atoms with Crippen molar-refractivity contribution in [2.24, 2.45) is 0 Å². The van der Waals surface area contributed by atoms with E-state index < -0.39 is 23.8 Å². The highest BCUT2D eigenvalue weighted by Crippen LogP contribution is 2.23. The van der Waals surface area contributed by atoms with E-state index in [0.29, 0.717) is 11.4 Å². The Bertz CT molecular complexity index is 971. The molecular weight excluding hydrogens is 410 g/mol. The van der Waals surface area contributed by atoms with E-state index in [2.05, 4.69) is 4.98 Å². The van der Waals surface area contributed by atoms with Gasteiger partial charge in [-0.15, -0.1) is 0 Å². The minimum absolute atomic E-state index is 0.0278. The number of benzene rings is 2. The first-order chi connectivity index (χ1) is 14.3. The van der Waals surface area contributed by atoms with E-state index in [1.807, 2.05) is 30.3 Å². The summed E-state index contributed by atoms with van der Waals surface area (Å²) in [6.45, 7) is 0. The Kier molecular flexibility index (Phi) is 8.08. The Morgan fingerprint density at radius 3 is 1.93 bits per heavy atom. The minimum Gasteiger partial charge on any atom is -0.481 e. The SMILES string of the molecule is O=C(O)C(Cc1ccccc1)c1ccc(Cl)cc1.O=C(O)c1ccc(C(=O)O)nc1. The molecule has 7 nitrogen and oxygen atoms in total. The van der Waals surface area contributed by atoms with Gasteiger partial charge in [-0.2, -0.15) is 0 Å². The third kappa shape index (κ3) is 6.72. The summed E-state index contributed by atoms with van der Waals surface area (Å²) in [5, 5.41) is 26.8. The van der Waals surface area contributed by atoms with Crippen LogP contribution in [0.1, 0.15) is 37.9 Å². The molecule has 3 aromatic rings. The molecule has 1 heterocycles. The first-order valence-electron chi connectivity index (χ1n) is 8.72. The highest BCUT2D eigenvalue weighted by atomic mass is 35.5. The first-order valence-corrected chi connectivity index (χ1v) is 9.10. The van der Waals surface area contributed by atoms with E-state index in [1.165, 1.54) is 6.07 Å². The second kappa shape index (κ2) is 10.7. The zero-order valence-corrected chi connectivity index (χ0v) is 16.4. The summed E-state index contributed by atoms with van der Waals surface area (Å²) in [5.74, 6) is -3.66. The summed E-state index contributed by atoms with van der Waals surface area (Å²) in [5.41, 5.74) is 1.59. The van der Waals surface area contributed by atoms with E-state index in [1.54, 1.807) is 24.3 Å².